The van der Waals surface area contributed by atoms with E-state index in [0.29, 0.717) is 37.8 Å². The quantitative estimate of drug-likeness (QED) is 0.705. The zero-order valence-electron chi connectivity index (χ0n) is 17.1. The summed E-state index contributed by atoms with van der Waals surface area (Å²) in [7, 11) is 1.81. The molecule has 6 nitrogen and oxygen atoms in total. The number of aromatic nitrogens is 2. The molecular formula is C21H25ClF2N4O2. The van der Waals surface area contributed by atoms with E-state index in [1.807, 2.05) is 7.05 Å². The van der Waals surface area contributed by atoms with Crippen molar-refractivity contribution in [2.45, 2.75) is 45.2 Å². The molecule has 3 heterocycles. The predicted molar refractivity (Wildman–Crippen MR) is 111 cm³/mol. The second kappa shape index (κ2) is 8.51. The fourth-order valence-electron chi connectivity index (χ4n) is 4.23. The Hall–Kier alpha value is -2.19. The average Bonchev–Trinajstić information content (AvgIpc) is 3.13. The Morgan fingerprint density at radius 3 is 2.73 bits per heavy atom. The van der Waals surface area contributed by atoms with Crippen LogP contribution in [0.3, 0.4) is 0 Å². The van der Waals surface area contributed by atoms with Crippen molar-refractivity contribution in [3.8, 4) is 0 Å². The summed E-state index contributed by atoms with van der Waals surface area (Å²) in [4.78, 5) is 15.6. The van der Waals surface area contributed by atoms with E-state index in [2.05, 4.69) is 4.68 Å². The normalized spacial score (nSPS) is 17.3. The summed E-state index contributed by atoms with van der Waals surface area (Å²) in [6.07, 6.45) is -0.183. The fraction of sp³-hybridized carbons (Fsp3) is 0.524. The summed E-state index contributed by atoms with van der Waals surface area (Å²) in [5, 5.41) is 4.95. The van der Waals surface area contributed by atoms with Crippen LogP contribution in [-0.4, -0.2) is 47.4 Å². The topological polar surface area (TPSA) is 50.6 Å². The minimum absolute atomic E-state index is 0.0135. The van der Waals surface area contributed by atoms with Crippen LogP contribution < -0.4 is 4.90 Å². The van der Waals surface area contributed by atoms with Crippen LogP contribution in [0.1, 0.15) is 49.1 Å². The lowest BCUT2D eigenvalue weighted by Gasteiger charge is -2.29. The largest absolute Gasteiger partial charge is 0.381 e. The Morgan fingerprint density at radius 1 is 1.33 bits per heavy atom. The SMILES string of the molecule is CC(=O)N1CCc2c(c(N(C)c3ccc(Cl)c(C(F)F)c3)nn2C2CCOCC2)C1. The van der Waals surface area contributed by atoms with Gasteiger partial charge in [0.25, 0.3) is 6.43 Å². The molecule has 0 atom stereocenters. The lowest BCUT2D eigenvalue weighted by Crippen LogP contribution is -2.35. The van der Waals surface area contributed by atoms with E-state index in [-0.39, 0.29) is 22.5 Å². The molecule has 2 aliphatic heterocycles. The van der Waals surface area contributed by atoms with Gasteiger partial charge in [0.05, 0.1) is 12.6 Å². The van der Waals surface area contributed by atoms with Gasteiger partial charge in [-0.05, 0) is 31.0 Å². The number of carbonyl (C=O) groups excluding carboxylic acids is 1. The lowest BCUT2D eigenvalue weighted by atomic mass is 10.0. The average molecular weight is 439 g/mol. The number of rotatable bonds is 4. The molecule has 1 aromatic heterocycles. The first kappa shape index (κ1) is 21.1. The molecule has 0 spiro atoms. The number of amides is 1. The van der Waals surface area contributed by atoms with Crippen molar-refractivity contribution < 1.29 is 18.3 Å². The van der Waals surface area contributed by atoms with Gasteiger partial charge < -0.3 is 14.5 Å². The molecule has 162 valence electrons. The molecule has 1 fully saturated rings. The van der Waals surface area contributed by atoms with Crippen molar-refractivity contribution in [1.82, 2.24) is 14.7 Å². The van der Waals surface area contributed by atoms with E-state index in [4.69, 9.17) is 21.4 Å². The van der Waals surface area contributed by atoms with Crippen molar-refractivity contribution in [2.75, 3.05) is 31.7 Å². The molecule has 0 radical (unpaired) electrons. The Bertz CT molecular complexity index is 943. The van der Waals surface area contributed by atoms with Gasteiger partial charge >= 0.3 is 0 Å². The number of benzene rings is 1. The zero-order chi connectivity index (χ0) is 21.4. The van der Waals surface area contributed by atoms with Gasteiger partial charge in [0.2, 0.25) is 5.91 Å². The van der Waals surface area contributed by atoms with Crippen molar-refractivity contribution in [2.24, 2.45) is 0 Å². The number of anilines is 2. The van der Waals surface area contributed by atoms with Gasteiger partial charge in [0, 0.05) is 67.7 Å². The summed E-state index contributed by atoms with van der Waals surface area (Å²) < 4.78 is 34.3. The number of nitrogens with zero attached hydrogens (tertiary/aromatic N) is 4. The highest BCUT2D eigenvalue weighted by Crippen LogP contribution is 2.37. The number of alkyl halides is 2. The van der Waals surface area contributed by atoms with Gasteiger partial charge in [-0.2, -0.15) is 5.10 Å². The van der Waals surface area contributed by atoms with E-state index in [1.165, 1.54) is 12.1 Å². The van der Waals surface area contributed by atoms with E-state index >= 15 is 0 Å². The molecule has 0 unspecified atom stereocenters. The van der Waals surface area contributed by atoms with Crippen LogP contribution in [0.15, 0.2) is 18.2 Å². The molecule has 0 N–H and O–H groups in total. The summed E-state index contributed by atoms with van der Waals surface area (Å²) >= 11 is 5.94. The molecule has 1 amide bonds. The summed E-state index contributed by atoms with van der Waals surface area (Å²) in [6.45, 7) is 4.06. The minimum atomic E-state index is -2.66. The number of hydrogen-bond donors (Lipinski definition) is 0. The highest BCUT2D eigenvalue weighted by molar-refractivity contribution is 6.31. The Kier molecular flexibility index (Phi) is 5.97. The summed E-state index contributed by atoms with van der Waals surface area (Å²) in [6, 6.07) is 4.83. The Morgan fingerprint density at radius 2 is 2.07 bits per heavy atom. The molecule has 0 bridgehead atoms. The first-order chi connectivity index (χ1) is 14.4. The highest BCUT2D eigenvalue weighted by Gasteiger charge is 2.31. The minimum Gasteiger partial charge on any atom is -0.381 e. The van der Waals surface area contributed by atoms with Gasteiger partial charge in [-0.3, -0.25) is 9.48 Å². The molecular weight excluding hydrogens is 414 g/mol. The maximum Gasteiger partial charge on any atom is 0.265 e. The van der Waals surface area contributed by atoms with Crippen LogP contribution in [0.2, 0.25) is 5.02 Å². The molecule has 9 heteroatoms. The van der Waals surface area contributed by atoms with Crippen LogP contribution >= 0.6 is 11.6 Å². The smallest absolute Gasteiger partial charge is 0.265 e. The number of halogens is 3. The van der Waals surface area contributed by atoms with E-state index < -0.39 is 6.43 Å². The van der Waals surface area contributed by atoms with Gasteiger partial charge in [-0.25, -0.2) is 8.78 Å². The first-order valence-electron chi connectivity index (χ1n) is 10.1. The molecule has 30 heavy (non-hydrogen) atoms. The van der Waals surface area contributed by atoms with E-state index in [0.717, 1.165) is 30.5 Å². The first-order valence-corrected chi connectivity index (χ1v) is 10.5. The molecule has 1 saturated heterocycles. The van der Waals surface area contributed by atoms with Gasteiger partial charge in [-0.1, -0.05) is 11.6 Å². The Balaban J connectivity index is 1.76. The van der Waals surface area contributed by atoms with Crippen LogP contribution in [0.5, 0.6) is 0 Å². The lowest BCUT2D eigenvalue weighted by molar-refractivity contribution is -0.129. The molecule has 4 rings (SSSR count). The molecule has 2 aromatic rings. The van der Waals surface area contributed by atoms with Crippen molar-refractivity contribution in [3.05, 3.63) is 40.0 Å². The zero-order valence-corrected chi connectivity index (χ0v) is 17.8. The number of hydrogen-bond acceptors (Lipinski definition) is 4. The third kappa shape index (κ3) is 3.90. The molecule has 1 aromatic carbocycles. The van der Waals surface area contributed by atoms with E-state index in [1.54, 1.807) is 22.8 Å². The van der Waals surface area contributed by atoms with Gasteiger partial charge in [0.15, 0.2) is 5.82 Å². The molecule has 0 aliphatic carbocycles. The maximum absolute atomic E-state index is 13.4. The van der Waals surface area contributed by atoms with Crippen molar-refractivity contribution in [3.63, 3.8) is 0 Å². The Labute approximate surface area is 179 Å². The summed E-state index contributed by atoms with van der Waals surface area (Å²) in [5.41, 5.74) is 2.46. The molecule has 0 saturated carbocycles. The number of fused-ring (bicyclic) bond motifs is 1. The van der Waals surface area contributed by atoms with Crippen molar-refractivity contribution in [1.29, 1.82) is 0 Å². The van der Waals surface area contributed by atoms with Gasteiger partial charge in [0.1, 0.15) is 0 Å². The predicted octanol–water partition coefficient (Wildman–Crippen LogP) is 4.50. The standard InChI is InChI=1S/C21H25ClF2N4O2/c1-13(29)27-8-5-19-17(12-27)21(25-28(19)14-6-9-30-10-7-14)26(2)15-3-4-18(22)16(11-15)20(23)24/h3-4,11,14,20H,5-10,12H2,1-2H3. The number of carbonyl (C=O) groups is 1. The number of ether oxygens (including phenoxy) is 1. The van der Waals surface area contributed by atoms with Crippen LogP contribution in [0, 0.1) is 0 Å². The monoisotopic (exact) mass is 438 g/mol. The van der Waals surface area contributed by atoms with Crippen molar-refractivity contribution >= 4 is 29.0 Å². The van der Waals surface area contributed by atoms with Crippen LogP contribution in [0.4, 0.5) is 20.3 Å². The third-order valence-electron chi connectivity index (χ3n) is 5.97. The second-order valence-electron chi connectivity index (χ2n) is 7.79. The van der Waals surface area contributed by atoms with Crippen LogP contribution in [-0.2, 0) is 22.5 Å². The van der Waals surface area contributed by atoms with E-state index in [9.17, 15) is 13.6 Å². The van der Waals surface area contributed by atoms with Gasteiger partial charge in [-0.15, -0.1) is 0 Å². The molecule has 2 aliphatic rings. The fourth-order valence-corrected chi connectivity index (χ4v) is 4.43. The third-order valence-corrected chi connectivity index (χ3v) is 6.31. The maximum atomic E-state index is 13.4. The summed E-state index contributed by atoms with van der Waals surface area (Å²) in [5.74, 6) is 0.699. The van der Waals surface area contributed by atoms with Crippen LogP contribution in [0.25, 0.3) is 0 Å². The second-order valence-corrected chi connectivity index (χ2v) is 8.20. The highest BCUT2D eigenvalue weighted by atomic mass is 35.5.